The Labute approximate surface area is 128 Å². The smallest absolute Gasteiger partial charge is 0.253 e. The van der Waals surface area contributed by atoms with Crippen LogP contribution in [0.3, 0.4) is 0 Å². The number of hydrogen-bond acceptors (Lipinski definition) is 3. The highest BCUT2D eigenvalue weighted by atomic mass is 79.9. The first-order valence-corrected chi connectivity index (χ1v) is 8.58. The third-order valence-electron chi connectivity index (χ3n) is 3.08. The fraction of sp³-hybridized carbons (Fsp3) is 0.462. The summed E-state index contributed by atoms with van der Waals surface area (Å²) >= 11 is 3.20. The van der Waals surface area contributed by atoms with Crippen molar-refractivity contribution in [3.05, 3.63) is 28.2 Å². The highest BCUT2D eigenvalue weighted by Crippen LogP contribution is 2.20. The fourth-order valence-electron chi connectivity index (χ4n) is 1.75. The Kier molecular flexibility index (Phi) is 5.73. The highest BCUT2D eigenvalue weighted by molar-refractivity contribution is 9.10. The van der Waals surface area contributed by atoms with Crippen LogP contribution >= 0.6 is 15.9 Å². The molecule has 0 aromatic heterocycles. The van der Waals surface area contributed by atoms with Gasteiger partial charge in [0.15, 0.2) is 0 Å². The number of nitrogens with zero attached hydrogens (tertiary/aromatic N) is 1. The van der Waals surface area contributed by atoms with Gasteiger partial charge in [0.05, 0.1) is 4.90 Å². The third kappa shape index (κ3) is 4.57. The Morgan fingerprint density at radius 3 is 2.50 bits per heavy atom. The number of primary sulfonamides is 1. The Morgan fingerprint density at radius 2 is 2.00 bits per heavy atom. The van der Waals surface area contributed by atoms with E-state index in [1.54, 1.807) is 18.0 Å². The van der Waals surface area contributed by atoms with Gasteiger partial charge in [0.2, 0.25) is 10.0 Å². The van der Waals surface area contributed by atoms with Gasteiger partial charge in [0.1, 0.15) is 0 Å². The van der Waals surface area contributed by atoms with Crippen LogP contribution in [0.25, 0.3) is 0 Å². The molecule has 5 nitrogen and oxygen atoms in total. The molecule has 1 aromatic rings. The van der Waals surface area contributed by atoms with Gasteiger partial charge in [0, 0.05) is 23.6 Å². The zero-order chi connectivity index (χ0) is 15.5. The van der Waals surface area contributed by atoms with Crippen molar-refractivity contribution in [2.75, 3.05) is 13.6 Å². The van der Waals surface area contributed by atoms with Crippen LogP contribution in [0.4, 0.5) is 0 Å². The number of carbonyl (C=O) groups excluding carboxylic acids is 1. The summed E-state index contributed by atoms with van der Waals surface area (Å²) < 4.78 is 23.3. The van der Waals surface area contributed by atoms with Gasteiger partial charge in [-0.3, -0.25) is 4.79 Å². The normalized spacial score (nSPS) is 13.1. The molecular weight excluding hydrogens is 344 g/mol. The number of hydrogen-bond donors (Lipinski definition) is 1. The lowest BCUT2D eigenvalue weighted by Gasteiger charge is -2.21. The lowest BCUT2D eigenvalue weighted by Crippen LogP contribution is -2.31. The van der Waals surface area contributed by atoms with Crippen LogP contribution in [0.2, 0.25) is 0 Å². The van der Waals surface area contributed by atoms with Crippen LogP contribution in [0.15, 0.2) is 27.6 Å². The zero-order valence-corrected chi connectivity index (χ0v) is 14.2. The molecule has 0 saturated heterocycles. The summed E-state index contributed by atoms with van der Waals surface area (Å²) in [7, 11) is -2.14. The van der Waals surface area contributed by atoms with Crippen molar-refractivity contribution in [2.24, 2.45) is 11.1 Å². The van der Waals surface area contributed by atoms with E-state index in [2.05, 4.69) is 29.8 Å². The van der Waals surface area contributed by atoms with E-state index in [4.69, 9.17) is 5.14 Å². The molecule has 1 amide bonds. The van der Waals surface area contributed by atoms with E-state index < -0.39 is 10.0 Å². The Bertz CT molecular complexity index is 602. The summed E-state index contributed by atoms with van der Waals surface area (Å²) in [6.45, 7) is 4.73. The van der Waals surface area contributed by atoms with Gasteiger partial charge in [-0.25, -0.2) is 13.6 Å². The summed E-state index contributed by atoms with van der Waals surface area (Å²) in [4.78, 5) is 13.8. The summed E-state index contributed by atoms with van der Waals surface area (Å²) in [6.07, 6.45) is 0.971. The molecule has 0 spiro atoms. The van der Waals surface area contributed by atoms with Crippen LogP contribution in [-0.4, -0.2) is 32.8 Å². The van der Waals surface area contributed by atoms with E-state index in [1.807, 2.05) is 0 Å². The van der Waals surface area contributed by atoms with Crippen LogP contribution in [0.5, 0.6) is 0 Å². The Balaban J connectivity index is 3.08. The molecule has 0 aliphatic carbocycles. The first-order valence-electron chi connectivity index (χ1n) is 6.24. The molecule has 0 bridgehead atoms. The van der Waals surface area contributed by atoms with Crippen molar-refractivity contribution in [3.63, 3.8) is 0 Å². The van der Waals surface area contributed by atoms with E-state index in [9.17, 15) is 13.2 Å². The molecule has 0 radical (unpaired) electrons. The van der Waals surface area contributed by atoms with E-state index >= 15 is 0 Å². The average molecular weight is 363 g/mol. The second kappa shape index (κ2) is 6.69. The Hall–Kier alpha value is -0.920. The summed E-state index contributed by atoms with van der Waals surface area (Å²) in [5, 5.41) is 5.10. The number of halogens is 1. The molecule has 1 unspecified atom stereocenters. The number of nitrogens with two attached hydrogens (primary N) is 1. The van der Waals surface area contributed by atoms with Crippen molar-refractivity contribution >= 4 is 31.9 Å². The summed E-state index contributed by atoms with van der Waals surface area (Å²) in [5.41, 5.74) is 0.300. The van der Waals surface area contributed by atoms with Gasteiger partial charge in [-0.2, -0.15) is 0 Å². The second-order valence-electron chi connectivity index (χ2n) is 4.92. The van der Waals surface area contributed by atoms with E-state index in [1.165, 1.54) is 12.1 Å². The number of benzene rings is 1. The zero-order valence-electron chi connectivity index (χ0n) is 11.8. The second-order valence-corrected chi connectivity index (χ2v) is 7.40. The first-order chi connectivity index (χ1) is 9.15. The molecule has 1 rings (SSSR count). The maximum absolute atomic E-state index is 12.3. The van der Waals surface area contributed by atoms with E-state index in [0.717, 1.165) is 6.42 Å². The van der Waals surface area contributed by atoms with Crippen LogP contribution in [0.1, 0.15) is 30.6 Å². The van der Waals surface area contributed by atoms with Gasteiger partial charge < -0.3 is 4.90 Å². The molecule has 0 saturated carbocycles. The summed E-state index contributed by atoms with van der Waals surface area (Å²) in [6, 6.07) is 4.26. The molecular formula is C13H19BrN2O3S. The van der Waals surface area contributed by atoms with E-state index in [-0.39, 0.29) is 10.8 Å². The minimum absolute atomic E-state index is 0.0767. The highest BCUT2D eigenvalue weighted by Gasteiger charge is 2.17. The van der Waals surface area contributed by atoms with Gasteiger partial charge in [-0.15, -0.1) is 0 Å². The fourth-order valence-corrected chi connectivity index (χ4v) is 2.98. The monoisotopic (exact) mass is 362 g/mol. The number of amides is 1. The summed E-state index contributed by atoms with van der Waals surface area (Å²) in [5.74, 6) is 0.158. The van der Waals surface area contributed by atoms with Crippen molar-refractivity contribution in [1.82, 2.24) is 4.90 Å². The number of sulfonamides is 1. The molecule has 1 atom stereocenters. The molecule has 0 aliphatic heterocycles. The predicted molar refractivity (Wildman–Crippen MR) is 81.9 cm³/mol. The minimum atomic E-state index is -3.84. The van der Waals surface area contributed by atoms with Gasteiger partial charge in [-0.1, -0.05) is 36.2 Å². The molecule has 0 aliphatic rings. The lowest BCUT2D eigenvalue weighted by atomic mass is 10.1. The van der Waals surface area contributed by atoms with Crippen LogP contribution < -0.4 is 5.14 Å². The Morgan fingerprint density at radius 1 is 1.40 bits per heavy atom. The number of carbonyl (C=O) groups is 1. The standard InChI is InChI=1S/C13H19BrN2O3S/c1-4-9(2)8-16(3)13(17)10-5-11(14)7-12(6-10)20(15,18)19/h5-7,9H,4,8H2,1-3H3,(H2,15,18,19). The van der Waals surface area contributed by atoms with Crippen LogP contribution in [-0.2, 0) is 10.0 Å². The number of rotatable bonds is 5. The largest absolute Gasteiger partial charge is 0.341 e. The molecule has 20 heavy (non-hydrogen) atoms. The quantitative estimate of drug-likeness (QED) is 0.871. The molecule has 0 fully saturated rings. The van der Waals surface area contributed by atoms with Crippen LogP contribution in [0, 0.1) is 5.92 Å². The van der Waals surface area contributed by atoms with Gasteiger partial charge >= 0.3 is 0 Å². The van der Waals surface area contributed by atoms with Gasteiger partial charge in [0.25, 0.3) is 5.91 Å². The predicted octanol–water partition coefficient (Wildman–Crippen LogP) is 2.21. The van der Waals surface area contributed by atoms with Gasteiger partial charge in [-0.05, 0) is 24.1 Å². The molecule has 2 N–H and O–H groups in total. The first kappa shape index (κ1) is 17.1. The van der Waals surface area contributed by atoms with Crippen molar-refractivity contribution < 1.29 is 13.2 Å². The van der Waals surface area contributed by atoms with Crippen molar-refractivity contribution in [1.29, 1.82) is 0 Å². The molecule has 112 valence electrons. The average Bonchev–Trinajstić information content (AvgIpc) is 2.35. The molecule has 1 aromatic carbocycles. The molecule has 0 heterocycles. The third-order valence-corrected chi connectivity index (χ3v) is 4.43. The van der Waals surface area contributed by atoms with Crippen molar-refractivity contribution in [3.8, 4) is 0 Å². The lowest BCUT2D eigenvalue weighted by molar-refractivity contribution is 0.0774. The minimum Gasteiger partial charge on any atom is -0.341 e. The molecule has 7 heteroatoms. The SMILES string of the molecule is CCC(C)CN(C)C(=O)c1cc(Br)cc(S(N)(=O)=O)c1. The van der Waals surface area contributed by atoms with Crippen molar-refractivity contribution in [2.45, 2.75) is 25.2 Å². The topological polar surface area (TPSA) is 80.5 Å². The maximum atomic E-state index is 12.3. The maximum Gasteiger partial charge on any atom is 0.253 e. The van der Waals surface area contributed by atoms with E-state index in [0.29, 0.717) is 22.5 Å².